The van der Waals surface area contributed by atoms with Crippen molar-refractivity contribution >= 4 is 42.3 Å². The van der Waals surface area contributed by atoms with Crippen LogP contribution in [-0.4, -0.2) is 48.9 Å². The molecule has 0 aliphatic carbocycles. The Hall–Kier alpha value is -1.34. The zero-order chi connectivity index (χ0) is 19.0. The summed E-state index contributed by atoms with van der Waals surface area (Å²) in [7, 11) is 0. The van der Waals surface area contributed by atoms with Crippen LogP contribution in [0.2, 0.25) is 0 Å². The molecular formula is C20H34Cl2N4O2. The van der Waals surface area contributed by atoms with Crippen molar-refractivity contribution in [2.24, 2.45) is 11.1 Å². The van der Waals surface area contributed by atoms with Gasteiger partial charge in [0.2, 0.25) is 11.8 Å². The number of likely N-dealkylation sites (tertiary alicyclic amines) is 1. The van der Waals surface area contributed by atoms with E-state index in [9.17, 15) is 9.59 Å². The summed E-state index contributed by atoms with van der Waals surface area (Å²) in [6.45, 7) is 6.41. The van der Waals surface area contributed by atoms with Gasteiger partial charge in [0.15, 0.2) is 0 Å². The van der Waals surface area contributed by atoms with Crippen LogP contribution in [0.25, 0.3) is 0 Å². The number of carbonyl (C=O) groups excluding carboxylic acids is 2. The molecule has 2 amide bonds. The molecule has 1 aromatic rings. The number of para-hydroxylation sites is 1. The molecule has 6 nitrogen and oxygen atoms in total. The quantitative estimate of drug-likeness (QED) is 0.589. The predicted octanol–water partition coefficient (Wildman–Crippen LogP) is 2.81. The van der Waals surface area contributed by atoms with Crippen LogP contribution in [0, 0.1) is 5.41 Å². The van der Waals surface area contributed by atoms with Crippen molar-refractivity contribution in [3.8, 4) is 0 Å². The molecule has 0 atom stereocenters. The van der Waals surface area contributed by atoms with E-state index >= 15 is 0 Å². The normalized spacial score (nSPS) is 15.1. The summed E-state index contributed by atoms with van der Waals surface area (Å²) in [6.07, 6.45) is 3.23. The van der Waals surface area contributed by atoms with Gasteiger partial charge in [-0.25, -0.2) is 0 Å². The molecule has 1 fully saturated rings. The van der Waals surface area contributed by atoms with Gasteiger partial charge in [-0.2, -0.15) is 0 Å². The second-order valence-corrected chi connectivity index (χ2v) is 7.13. The third kappa shape index (κ3) is 7.24. The van der Waals surface area contributed by atoms with Crippen LogP contribution in [0.4, 0.5) is 5.69 Å². The lowest BCUT2D eigenvalue weighted by atomic mass is 9.81. The van der Waals surface area contributed by atoms with E-state index in [-0.39, 0.29) is 42.7 Å². The van der Waals surface area contributed by atoms with E-state index in [1.54, 1.807) is 0 Å². The van der Waals surface area contributed by atoms with Crippen LogP contribution in [0.3, 0.4) is 0 Å². The van der Waals surface area contributed by atoms with Crippen molar-refractivity contribution in [2.75, 3.05) is 31.5 Å². The molecule has 0 radical (unpaired) electrons. The Bertz CT molecular complexity index is 581. The molecule has 1 saturated heterocycles. The highest BCUT2D eigenvalue weighted by Gasteiger charge is 2.35. The maximum Gasteiger partial charge on any atom is 0.238 e. The van der Waals surface area contributed by atoms with E-state index in [0.29, 0.717) is 13.1 Å². The van der Waals surface area contributed by atoms with Gasteiger partial charge in [0.05, 0.1) is 12.0 Å². The van der Waals surface area contributed by atoms with Crippen LogP contribution >= 0.6 is 24.8 Å². The lowest BCUT2D eigenvalue weighted by molar-refractivity contribution is -0.132. The number of hydrogen-bond donors (Lipinski definition) is 3. The summed E-state index contributed by atoms with van der Waals surface area (Å²) in [5.74, 6) is 0.0723. The van der Waals surface area contributed by atoms with Crippen molar-refractivity contribution in [3.05, 3.63) is 30.3 Å². The highest BCUT2D eigenvalue weighted by molar-refractivity contribution is 5.92. The van der Waals surface area contributed by atoms with Crippen molar-refractivity contribution in [3.63, 3.8) is 0 Å². The Balaban J connectivity index is 0.00000364. The second-order valence-electron chi connectivity index (χ2n) is 7.13. The van der Waals surface area contributed by atoms with E-state index < -0.39 is 5.41 Å². The maximum atomic E-state index is 12.6. The highest BCUT2D eigenvalue weighted by atomic mass is 35.5. The first-order valence-corrected chi connectivity index (χ1v) is 9.61. The molecular weight excluding hydrogens is 399 g/mol. The summed E-state index contributed by atoms with van der Waals surface area (Å²) in [5.41, 5.74) is 6.23. The molecule has 4 N–H and O–H groups in total. The van der Waals surface area contributed by atoms with Crippen LogP contribution in [0.5, 0.6) is 0 Å². The predicted molar refractivity (Wildman–Crippen MR) is 119 cm³/mol. The largest absolute Gasteiger partial charge is 0.353 e. The first-order valence-electron chi connectivity index (χ1n) is 9.61. The fourth-order valence-electron chi connectivity index (χ4n) is 3.45. The molecule has 0 aromatic heterocycles. The summed E-state index contributed by atoms with van der Waals surface area (Å²) >= 11 is 0. The first-order chi connectivity index (χ1) is 12.5. The molecule has 0 saturated carbocycles. The van der Waals surface area contributed by atoms with Gasteiger partial charge in [-0.1, -0.05) is 32.0 Å². The van der Waals surface area contributed by atoms with Gasteiger partial charge in [0, 0.05) is 31.4 Å². The van der Waals surface area contributed by atoms with E-state index in [2.05, 4.69) is 15.5 Å². The number of anilines is 1. The van der Waals surface area contributed by atoms with Gasteiger partial charge in [0.25, 0.3) is 0 Å². The Kier molecular flexibility index (Phi) is 12.4. The Morgan fingerprint density at radius 2 is 1.68 bits per heavy atom. The smallest absolute Gasteiger partial charge is 0.238 e. The van der Waals surface area contributed by atoms with Crippen LogP contribution < -0.4 is 16.4 Å². The molecule has 0 spiro atoms. The molecule has 1 aromatic carbocycles. The minimum absolute atomic E-state index is 0. The van der Waals surface area contributed by atoms with E-state index in [0.717, 1.165) is 44.5 Å². The molecule has 8 heteroatoms. The number of nitrogens with zero attached hydrogens (tertiary/aromatic N) is 1. The third-order valence-corrected chi connectivity index (χ3v) is 5.57. The number of nitrogens with one attached hydrogen (secondary N) is 2. The van der Waals surface area contributed by atoms with Crippen molar-refractivity contribution in [1.82, 2.24) is 10.2 Å². The van der Waals surface area contributed by atoms with Crippen LogP contribution in [0.1, 0.15) is 39.5 Å². The second kappa shape index (κ2) is 13.0. The van der Waals surface area contributed by atoms with Crippen molar-refractivity contribution in [1.29, 1.82) is 0 Å². The topological polar surface area (TPSA) is 87.5 Å². The molecule has 0 unspecified atom stereocenters. The summed E-state index contributed by atoms with van der Waals surface area (Å²) < 4.78 is 0. The molecule has 160 valence electrons. The summed E-state index contributed by atoms with van der Waals surface area (Å²) in [5, 5.41) is 6.09. The number of hydrogen-bond acceptors (Lipinski definition) is 4. The zero-order valence-electron chi connectivity index (χ0n) is 16.8. The fraction of sp³-hybridized carbons (Fsp3) is 0.600. The minimum atomic E-state index is -0.452. The van der Waals surface area contributed by atoms with Crippen molar-refractivity contribution in [2.45, 2.75) is 45.6 Å². The Morgan fingerprint density at radius 1 is 1.11 bits per heavy atom. The Labute approximate surface area is 180 Å². The zero-order valence-corrected chi connectivity index (χ0v) is 18.4. The van der Waals surface area contributed by atoms with Gasteiger partial charge >= 0.3 is 0 Å². The molecule has 1 aliphatic heterocycles. The average Bonchev–Trinajstić information content (AvgIpc) is 2.66. The monoisotopic (exact) mass is 432 g/mol. The number of benzene rings is 1. The van der Waals surface area contributed by atoms with Gasteiger partial charge in [0.1, 0.15) is 0 Å². The van der Waals surface area contributed by atoms with Crippen LogP contribution in [-0.2, 0) is 9.59 Å². The van der Waals surface area contributed by atoms with E-state index in [1.165, 1.54) is 0 Å². The number of piperidine rings is 1. The molecule has 1 aliphatic rings. The Morgan fingerprint density at radius 3 is 2.18 bits per heavy atom. The van der Waals surface area contributed by atoms with E-state index in [4.69, 9.17) is 5.73 Å². The number of amides is 2. The summed E-state index contributed by atoms with van der Waals surface area (Å²) in [6, 6.07) is 9.65. The maximum absolute atomic E-state index is 12.6. The van der Waals surface area contributed by atoms with Crippen molar-refractivity contribution < 1.29 is 9.59 Å². The van der Waals surface area contributed by atoms with Gasteiger partial charge in [-0.3, -0.25) is 14.5 Å². The number of halogens is 2. The third-order valence-electron chi connectivity index (χ3n) is 5.57. The van der Waals surface area contributed by atoms with E-state index in [1.807, 2.05) is 44.2 Å². The molecule has 28 heavy (non-hydrogen) atoms. The highest BCUT2D eigenvalue weighted by Crippen LogP contribution is 2.26. The number of nitrogens with two attached hydrogens (primary N) is 1. The molecule has 1 heterocycles. The van der Waals surface area contributed by atoms with Gasteiger partial charge in [-0.05, 0) is 37.8 Å². The lowest BCUT2D eigenvalue weighted by Gasteiger charge is -2.35. The minimum Gasteiger partial charge on any atom is -0.353 e. The van der Waals surface area contributed by atoms with Crippen LogP contribution in [0.15, 0.2) is 30.3 Å². The lowest BCUT2D eigenvalue weighted by Crippen LogP contribution is -2.52. The molecule has 0 bridgehead atoms. The fourth-order valence-corrected chi connectivity index (χ4v) is 3.45. The summed E-state index contributed by atoms with van der Waals surface area (Å²) in [4.78, 5) is 26.9. The number of carbonyl (C=O) groups is 2. The average molecular weight is 433 g/mol. The SMILES string of the molecule is CCC(CC)(CN)C(=O)NC1CCN(CC(=O)Nc2ccccc2)CC1.Cl.Cl. The van der Waals surface area contributed by atoms with Gasteiger partial charge < -0.3 is 16.4 Å². The first kappa shape index (κ1) is 26.7. The number of rotatable bonds is 8. The molecule has 2 rings (SSSR count). The van der Waals surface area contributed by atoms with Gasteiger partial charge in [-0.15, -0.1) is 24.8 Å². The standard InChI is InChI=1S/C20H32N4O2.2ClH/c1-3-20(4-2,15-21)19(26)23-17-10-12-24(13-11-17)14-18(25)22-16-8-6-5-7-9-16;;/h5-9,17H,3-4,10-15,21H2,1-2H3,(H,22,25)(H,23,26);2*1H.